The molecule has 1 heterocycles. The molecule has 0 saturated heterocycles. The highest BCUT2D eigenvalue weighted by Gasteiger charge is 2.49. The van der Waals surface area contributed by atoms with Crippen molar-refractivity contribution in [3.05, 3.63) is 22.9 Å². The van der Waals surface area contributed by atoms with E-state index in [4.69, 9.17) is 0 Å². The van der Waals surface area contributed by atoms with Crippen molar-refractivity contribution >= 4 is 27.5 Å². The van der Waals surface area contributed by atoms with Crippen LogP contribution >= 0.6 is 15.9 Å². The van der Waals surface area contributed by atoms with Gasteiger partial charge in [0, 0.05) is 12.4 Å². The van der Waals surface area contributed by atoms with E-state index >= 15 is 0 Å². The molecular weight excluding hydrogens is 296 g/mol. The minimum Gasteiger partial charge on any atom is -0.320 e. The van der Waals surface area contributed by atoms with Crippen LogP contribution in [0.5, 0.6) is 0 Å². The Labute approximate surface area is 96.0 Å². The number of amides is 1. The summed E-state index contributed by atoms with van der Waals surface area (Å²) in [5.41, 5.74) is -0.0553. The van der Waals surface area contributed by atoms with Crippen molar-refractivity contribution in [1.82, 2.24) is 4.98 Å². The van der Waals surface area contributed by atoms with E-state index in [1.54, 1.807) is 5.32 Å². The van der Waals surface area contributed by atoms with Gasteiger partial charge in [0.1, 0.15) is 0 Å². The van der Waals surface area contributed by atoms with E-state index in [1.807, 2.05) is 0 Å². The van der Waals surface area contributed by atoms with E-state index < -0.39 is 18.3 Å². The molecule has 0 spiro atoms. The standard InChI is InChI=1S/C8H5BrF4N2O/c9-4-3-14-2-1-5(4)15-7(16)8(12,13)6(10)11/h1-3,6H,(H,14,15,16). The molecule has 1 aromatic heterocycles. The van der Waals surface area contributed by atoms with Crippen LogP contribution in [0.25, 0.3) is 0 Å². The summed E-state index contributed by atoms with van der Waals surface area (Å²) in [4.78, 5) is 14.5. The summed E-state index contributed by atoms with van der Waals surface area (Å²) in [5.74, 6) is -6.78. The van der Waals surface area contributed by atoms with Crippen LogP contribution in [0.4, 0.5) is 23.2 Å². The number of nitrogens with one attached hydrogen (secondary N) is 1. The van der Waals surface area contributed by atoms with Crippen LogP contribution in [-0.4, -0.2) is 23.2 Å². The molecule has 3 nitrogen and oxygen atoms in total. The molecule has 1 N–H and O–H groups in total. The van der Waals surface area contributed by atoms with Crippen molar-refractivity contribution in [1.29, 1.82) is 0 Å². The third-order valence-corrected chi connectivity index (χ3v) is 2.23. The van der Waals surface area contributed by atoms with E-state index in [1.165, 1.54) is 18.5 Å². The Bertz CT molecular complexity index is 399. The summed E-state index contributed by atoms with van der Waals surface area (Å²) >= 11 is 2.92. The van der Waals surface area contributed by atoms with E-state index in [9.17, 15) is 22.4 Å². The molecule has 1 amide bonds. The molecule has 0 fully saturated rings. The van der Waals surface area contributed by atoms with Crippen LogP contribution in [0.3, 0.4) is 0 Å². The molecule has 0 radical (unpaired) electrons. The van der Waals surface area contributed by atoms with Crippen molar-refractivity contribution in [3.63, 3.8) is 0 Å². The van der Waals surface area contributed by atoms with E-state index in [2.05, 4.69) is 20.9 Å². The highest BCUT2D eigenvalue weighted by Crippen LogP contribution is 2.27. The van der Waals surface area contributed by atoms with Crippen LogP contribution < -0.4 is 5.32 Å². The monoisotopic (exact) mass is 300 g/mol. The minimum atomic E-state index is -4.72. The van der Waals surface area contributed by atoms with Crippen LogP contribution in [0.2, 0.25) is 0 Å². The largest absolute Gasteiger partial charge is 0.383 e. The number of nitrogens with zero attached hydrogens (tertiary/aromatic N) is 1. The van der Waals surface area contributed by atoms with Gasteiger partial charge in [-0.1, -0.05) is 0 Å². The number of alkyl halides is 4. The summed E-state index contributed by atoms with van der Waals surface area (Å²) < 4.78 is 49.0. The van der Waals surface area contributed by atoms with E-state index in [0.29, 0.717) is 0 Å². The summed E-state index contributed by atoms with van der Waals surface area (Å²) in [7, 11) is 0. The maximum atomic E-state index is 12.6. The predicted molar refractivity (Wildman–Crippen MR) is 51.5 cm³/mol. The van der Waals surface area contributed by atoms with Crippen molar-refractivity contribution < 1.29 is 22.4 Å². The highest BCUT2D eigenvalue weighted by atomic mass is 79.9. The molecule has 0 aliphatic rings. The number of pyridine rings is 1. The van der Waals surface area contributed by atoms with Crippen LogP contribution in [-0.2, 0) is 4.79 Å². The first-order chi connectivity index (χ1) is 7.35. The van der Waals surface area contributed by atoms with E-state index in [0.717, 1.165) is 0 Å². The van der Waals surface area contributed by atoms with Gasteiger partial charge in [-0.2, -0.15) is 8.78 Å². The number of hydrogen-bond donors (Lipinski definition) is 1. The highest BCUT2D eigenvalue weighted by molar-refractivity contribution is 9.10. The van der Waals surface area contributed by atoms with Crippen molar-refractivity contribution in [2.24, 2.45) is 0 Å². The molecule has 88 valence electrons. The fourth-order valence-corrected chi connectivity index (χ4v) is 1.13. The fourth-order valence-electron chi connectivity index (χ4n) is 0.781. The molecular formula is C8H5BrF4N2O. The quantitative estimate of drug-likeness (QED) is 0.872. The lowest BCUT2D eigenvalue weighted by Crippen LogP contribution is -2.41. The average molecular weight is 301 g/mol. The molecule has 16 heavy (non-hydrogen) atoms. The van der Waals surface area contributed by atoms with Gasteiger partial charge in [-0.3, -0.25) is 9.78 Å². The van der Waals surface area contributed by atoms with Crippen molar-refractivity contribution in [2.45, 2.75) is 12.3 Å². The van der Waals surface area contributed by atoms with Gasteiger partial charge >= 0.3 is 18.3 Å². The second-order valence-electron chi connectivity index (χ2n) is 2.73. The third kappa shape index (κ3) is 2.69. The molecule has 0 bridgehead atoms. The molecule has 8 heteroatoms. The van der Waals surface area contributed by atoms with Gasteiger partial charge in [-0.05, 0) is 22.0 Å². The zero-order valence-corrected chi connectivity index (χ0v) is 9.14. The fraction of sp³-hybridized carbons (Fsp3) is 0.250. The van der Waals surface area contributed by atoms with Crippen molar-refractivity contribution in [2.75, 3.05) is 5.32 Å². The zero-order valence-electron chi connectivity index (χ0n) is 7.55. The number of aromatic nitrogens is 1. The molecule has 0 aliphatic heterocycles. The van der Waals surface area contributed by atoms with Crippen LogP contribution in [0.15, 0.2) is 22.9 Å². The smallest absolute Gasteiger partial charge is 0.320 e. The van der Waals surface area contributed by atoms with Gasteiger partial charge < -0.3 is 5.32 Å². The maximum Gasteiger partial charge on any atom is 0.383 e. The molecule has 0 atom stereocenters. The number of halogens is 5. The second kappa shape index (κ2) is 4.77. The van der Waals surface area contributed by atoms with Gasteiger partial charge in [0.2, 0.25) is 0 Å². The summed E-state index contributed by atoms with van der Waals surface area (Å²) in [5, 5.41) is 1.68. The zero-order chi connectivity index (χ0) is 12.3. The van der Waals surface area contributed by atoms with Gasteiger partial charge in [-0.15, -0.1) is 0 Å². The number of hydrogen-bond acceptors (Lipinski definition) is 2. The third-order valence-electron chi connectivity index (χ3n) is 1.60. The average Bonchev–Trinajstić information content (AvgIpc) is 2.21. The Morgan fingerprint density at radius 2 is 2.12 bits per heavy atom. The summed E-state index contributed by atoms with van der Waals surface area (Å²) in [6.45, 7) is 0. The topological polar surface area (TPSA) is 42.0 Å². The normalized spacial score (nSPS) is 11.6. The van der Waals surface area contributed by atoms with E-state index in [-0.39, 0.29) is 10.2 Å². The number of carbonyl (C=O) groups excluding carboxylic acids is 1. The minimum absolute atomic E-state index is 0.0553. The number of rotatable bonds is 3. The van der Waals surface area contributed by atoms with Gasteiger partial charge in [0.05, 0.1) is 10.2 Å². The lowest BCUT2D eigenvalue weighted by Gasteiger charge is -2.15. The Morgan fingerprint density at radius 1 is 1.50 bits per heavy atom. The second-order valence-corrected chi connectivity index (χ2v) is 3.59. The number of carbonyl (C=O) groups is 1. The Hall–Kier alpha value is -1.18. The summed E-state index contributed by atoms with van der Waals surface area (Å²) in [6.07, 6.45) is -1.59. The molecule has 0 aromatic carbocycles. The van der Waals surface area contributed by atoms with Gasteiger partial charge in [0.25, 0.3) is 0 Å². The SMILES string of the molecule is O=C(Nc1ccncc1Br)C(F)(F)C(F)F. The Kier molecular flexibility index (Phi) is 3.84. The van der Waals surface area contributed by atoms with Gasteiger partial charge in [-0.25, -0.2) is 8.78 Å². The predicted octanol–water partition coefficient (Wildman–Crippen LogP) is 2.68. The molecule has 1 rings (SSSR count). The first-order valence-corrected chi connectivity index (χ1v) is 4.72. The molecule has 0 unspecified atom stereocenters. The molecule has 0 aliphatic carbocycles. The Morgan fingerprint density at radius 3 is 2.62 bits per heavy atom. The van der Waals surface area contributed by atoms with Crippen LogP contribution in [0, 0.1) is 0 Å². The first-order valence-electron chi connectivity index (χ1n) is 3.92. The summed E-state index contributed by atoms with van der Waals surface area (Å²) in [6, 6.07) is 1.20. The first kappa shape index (κ1) is 12.9. The molecule has 0 saturated carbocycles. The lowest BCUT2D eigenvalue weighted by atomic mass is 10.3. The van der Waals surface area contributed by atoms with Gasteiger partial charge in [0.15, 0.2) is 0 Å². The number of anilines is 1. The Balaban J connectivity index is 2.84. The van der Waals surface area contributed by atoms with Crippen LogP contribution in [0.1, 0.15) is 0 Å². The maximum absolute atomic E-state index is 12.6. The van der Waals surface area contributed by atoms with Crippen molar-refractivity contribution in [3.8, 4) is 0 Å². The molecule has 1 aromatic rings. The lowest BCUT2D eigenvalue weighted by molar-refractivity contribution is -0.163.